The fourth-order valence-electron chi connectivity index (χ4n) is 2.86. The molecule has 2 atom stereocenters. The molecule has 2 unspecified atom stereocenters. The molecule has 1 aromatic rings. The van der Waals surface area contributed by atoms with E-state index < -0.39 is 6.04 Å². The molecule has 0 bridgehead atoms. The van der Waals surface area contributed by atoms with Crippen molar-refractivity contribution in [3.05, 3.63) is 28.8 Å². The minimum atomic E-state index is -0.494. The summed E-state index contributed by atoms with van der Waals surface area (Å²) < 4.78 is 5.43. The highest BCUT2D eigenvalue weighted by molar-refractivity contribution is 8.01. The number of hydrogen-bond acceptors (Lipinski definition) is 4. The topological polar surface area (TPSA) is 46.6 Å². The Morgan fingerprint density at radius 3 is 3.00 bits per heavy atom. The molecule has 3 rings (SSSR count). The Hall–Kier alpha value is -1.20. The smallest absolute Gasteiger partial charge is 0.335 e. The van der Waals surface area contributed by atoms with Gasteiger partial charge in [-0.3, -0.25) is 4.79 Å². The molecule has 6 heteroatoms. The molecule has 21 heavy (non-hydrogen) atoms. The van der Waals surface area contributed by atoms with E-state index in [9.17, 15) is 9.59 Å². The number of halogens is 1. The highest BCUT2D eigenvalue weighted by Gasteiger charge is 2.53. The molecular formula is C15H16ClNO3S. The first-order valence-corrected chi connectivity index (χ1v) is 8.21. The number of aryl methyl sites for hydroxylation is 1. The van der Waals surface area contributed by atoms with E-state index >= 15 is 0 Å². The van der Waals surface area contributed by atoms with E-state index in [-0.39, 0.29) is 16.7 Å². The summed E-state index contributed by atoms with van der Waals surface area (Å²) in [7, 11) is 0. The second-order valence-electron chi connectivity index (χ2n) is 5.60. The van der Waals surface area contributed by atoms with Crippen LogP contribution in [0.1, 0.15) is 25.3 Å². The molecule has 112 valence electrons. The van der Waals surface area contributed by atoms with Crippen LogP contribution in [0.2, 0.25) is 5.02 Å². The van der Waals surface area contributed by atoms with Gasteiger partial charge in [-0.15, -0.1) is 11.8 Å². The highest BCUT2D eigenvalue weighted by atomic mass is 35.5. The number of rotatable bonds is 2. The molecular weight excluding hydrogens is 310 g/mol. The maximum atomic E-state index is 12.4. The zero-order valence-electron chi connectivity index (χ0n) is 11.9. The Labute approximate surface area is 132 Å². The highest BCUT2D eigenvalue weighted by Crippen LogP contribution is 2.47. The van der Waals surface area contributed by atoms with Crippen LogP contribution in [0.15, 0.2) is 18.2 Å². The normalized spacial score (nSPS) is 27.9. The van der Waals surface area contributed by atoms with Gasteiger partial charge in [0.15, 0.2) is 0 Å². The van der Waals surface area contributed by atoms with E-state index in [1.54, 1.807) is 34.9 Å². The standard InChI is InChI=1S/C15H16ClNO3S/c1-9-7-10(3-4-11(9)16)20-14(19)12-8-21-15(2)6-5-13(18)17(12)15/h3-4,7,12H,5-6,8H2,1-2H3. The number of fused-ring (bicyclic) bond motifs is 1. The van der Waals surface area contributed by atoms with Crippen molar-refractivity contribution in [2.75, 3.05) is 5.75 Å². The molecule has 0 N–H and O–H groups in total. The minimum absolute atomic E-state index is 0.0386. The van der Waals surface area contributed by atoms with Crippen LogP contribution in [-0.2, 0) is 9.59 Å². The van der Waals surface area contributed by atoms with E-state index in [2.05, 4.69) is 0 Å². The van der Waals surface area contributed by atoms with Gasteiger partial charge in [-0.1, -0.05) is 11.6 Å². The molecule has 0 saturated carbocycles. The molecule has 2 aliphatic rings. The average Bonchev–Trinajstić information content (AvgIpc) is 2.91. The molecule has 0 aliphatic carbocycles. The number of carbonyl (C=O) groups excluding carboxylic acids is 2. The van der Waals surface area contributed by atoms with Gasteiger partial charge >= 0.3 is 5.97 Å². The summed E-state index contributed by atoms with van der Waals surface area (Å²) in [6.07, 6.45) is 1.30. The fourth-order valence-corrected chi connectivity index (χ4v) is 4.39. The van der Waals surface area contributed by atoms with Crippen molar-refractivity contribution in [2.24, 2.45) is 0 Å². The van der Waals surface area contributed by atoms with E-state index in [1.165, 1.54) is 0 Å². The number of ether oxygens (including phenoxy) is 1. The number of hydrogen-bond donors (Lipinski definition) is 0. The maximum Gasteiger partial charge on any atom is 0.335 e. The summed E-state index contributed by atoms with van der Waals surface area (Å²) in [4.78, 5) is 25.8. The molecule has 0 spiro atoms. The predicted molar refractivity (Wildman–Crippen MR) is 82.6 cm³/mol. The first kappa shape index (κ1) is 14.7. The number of thioether (sulfide) groups is 1. The average molecular weight is 326 g/mol. The van der Waals surface area contributed by atoms with E-state index in [0.29, 0.717) is 22.9 Å². The predicted octanol–water partition coefficient (Wildman–Crippen LogP) is 3.01. The fraction of sp³-hybridized carbons (Fsp3) is 0.467. The van der Waals surface area contributed by atoms with Crippen LogP contribution in [0, 0.1) is 6.92 Å². The molecule has 2 saturated heterocycles. The number of benzene rings is 1. The van der Waals surface area contributed by atoms with Crippen molar-refractivity contribution in [2.45, 2.75) is 37.6 Å². The van der Waals surface area contributed by atoms with Gasteiger partial charge in [0, 0.05) is 17.2 Å². The Bertz CT molecular complexity index is 621. The Kier molecular flexibility index (Phi) is 3.66. The van der Waals surface area contributed by atoms with Crippen LogP contribution in [0.4, 0.5) is 0 Å². The lowest BCUT2D eigenvalue weighted by Crippen LogP contribution is -2.47. The third-order valence-corrected chi connectivity index (χ3v) is 5.99. The van der Waals surface area contributed by atoms with Gasteiger partial charge < -0.3 is 9.64 Å². The van der Waals surface area contributed by atoms with Crippen molar-refractivity contribution in [3.8, 4) is 5.75 Å². The number of nitrogens with zero attached hydrogens (tertiary/aromatic N) is 1. The van der Waals surface area contributed by atoms with Gasteiger partial charge in [0.1, 0.15) is 11.8 Å². The molecule has 2 fully saturated rings. The van der Waals surface area contributed by atoms with Crippen LogP contribution in [-0.4, -0.2) is 33.4 Å². The van der Waals surface area contributed by atoms with Gasteiger partial charge in [0.05, 0.1) is 4.87 Å². The molecule has 1 aromatic carbocycles. The monoisotopic (exact) mass is 325 g/mol. The Morgan fingerprint density at radius 2 is 2.29 bits per heavy atom. The van der Waals surface area contributed by atoms with Crippen LogP contribution < -0.4 is 4.74 Å². The Balaban J connectivity index is 1.77. The number of esters is 1. The molecule has 2 heterocycles. The quantitative estimate of drug-likeness (QED) is 0.619. The van der Waals surface area contributed by atoms with Crippen molar-refractivity contribution in [1.82, 2.24) is 4.90 Å². The van der Waals surface area contributed by atoms with Gasteiger partial charge in [-0.05, 0) is 44.0 Å². The summed E-state index contributed by atoms with van der Waals surface area (Å²) in [5.74, 6) is 0.722. The zero-order valence-corrected chi connectivity index (χ0v) is 13.5. The maximum absolute atomic E-state index is 12.4. The zero-order chi connectivity index (χ0) is 15.2. The number of amides is 1. The molecule has 0 aromatic heterocycles. The summed E-state index contributed by atoms with van der Waals surface area (Å²) in [6, 6.07) is 4.60. The number of carbonyl (C=O) groups is 2. The Morgan fingerprint density at radius 1 is 1.52 bits per heavy atom. The van der Waals surface area contributed by atoms with Crippen molar-refractivity contribution < 1.29 is 14.3 Å². The second kappa shape index (κ2) is 5.21. The minimum Gasteiger partial charge on any atom is -0.425 e. The van der Waals surface area contributed by atoms with Gasteiger partial charge in [-0.25, -0.2) is 4.79 Å². The third-order valence-electron chi connectivity index (χ3n) is 4.06. The second-order valence-corrected chi connectivity index (χ2v) is 7.51. The van der Waals surface area contributed by atoms with E-state index in [1.807, 2.05) is 13.8 Å². The van der Waals surface area contributed by atoms with Crippen molar-refractivity contribution in [1.29, 1.82) is 0 Å². The lowest BCUT2D eigenvalue weighted by Gasteiger charge is -2.29. The SMILES string of the molecule is Cc1cc(OC(=O)C2CSC3(C)CCC(=O)N23)ccc1Cl. The van der Waals surface area contributed by atoms with Crippen molar-refractivity contribution >= 4 is 35.2 Å². The molecule has 4 nitrogen and oxygen atoms in total. The third kappa shape index (κ3) is 2.53. The summed E-state index contributed by atoms with van der Waals surface area (Å²) in [6.45, 7) is 3.87. The van der Waals surface area contributed by atoms with Gasteiger partial charge in [0.2, 0.25) is 5.91 Å². The largest absolute Gasteiger partial charge is 0.425 e. The van der Waals surface area contributed by atoms with Crippen LogP contribution >= 0.6 is 23.4 Å². The lowest BCUT2D eigenvalue weighted by atomic mass is 10.2. The molecule has 1 amide bonds. The van der Waals surface area contributed by atoms with Crippen LogP contribution in [0.5, 0.6) is 5.75 Å². The van der Waals surface area contributed by atoms with Gasteiger partial charge in [-0.2, -0.15) is 0 Å². The van der Waals surface area contributed by atoms with E-state index in [0.717, 1.165) is 12.0 Å². The first-order chi connectivity index (χ1) is 9.90. The van der Waals surface area contributed by atoms with E-state index in [4.69, 9.17) is 16.3 Å². The van der Waals surface area contributed by atoms with Crippen LogP contribution in [0.3, 0.4) is 0 Å². The lowest BCUT2D eigenvalue weighted by molar-refractivity contribution is -0.146. The van der Waals surface area contributed by atoms with Crippen LogP contribution in [0.25, 0.3) is 0 Å². The molecule has 0 radical (unpaired) electrons. The summed E-state index contributed by atoms with van der Waals surface area (Å²) in [5.41, 5.74) is 0.852. The summed E-state index contributed by atoms with van der Waals surface area (Å²) >= 11 is 7.61. The van der Waals surface area contributed by atoms with Gasteiger partial charge in [0.25, 0.3) is 0 Å². The summed E-state index contributed by atoms with van der Waals surface area (Å²) in [5, 5.41) is 0.633. The first-order valence-electron chi connectivity index (χ1n) is 6.85. The molecule has 2 aliphatic heterocycles. The van der Waals surface area contributed by atoms with Crippen molar-refractivity contribution in [3.63, 3.8) is 0 Å².